The van der Waals surface area contributed by atoms with Crippen LogP contribution >= 0.6 is 0 Å². The average Bonchev–Trinajstić information content (AvgIpc) is 2.04. The van der Waals surface area contributed by atoms with E-state index in [0.29, 0.717) is 5.41 Å². The second-order valence-corrected chi connectivity index (χ2v) is 4.57. The van der Waals surface area contributed by atoms with Gasteiger partial charge in [0.2, 0.25) is 0 Å². The van der Waals surface area contributed by atoms with Gasteiger partial charge in [0.25, 0.3) is 0 Å². The van der Waals surface area contributed by atoms with Crippen molar-refractivity contribution in [3.05, 3.63) is 18.6 Å². The summed E-state index contributed by atoms with van der Waals surface area (Å²) in [5.41, 5.74) is 2.22. The normalized spacial score (nSPS) is 39.4. The Morgan fingerprint density at radius 2 is 2.36 bits per heavy atom. The smallest absolute Gasteiger partial charge is 0.0146 e. The monoisotopic (exact) mass is 149 g/mol. The Morgan fingerprint density at radius 3 is 2.73 bits per heavy atom. The van der Waals surface area contributed by atoms with Crippen LogP contribution in [-0.4, -0.2) is 0 Å². The number of fused-ring (bicyclic) bond motifs is 1. The van der Waals surface area contributed by atoms with Crippen LogP contribution in [0, 0.1) is 24.2 Å². The molecule has 1 saturated carbocycles. The van der Waals surface area contributed by atoms with Gasteiger partial charge in [0.15, 0.2) is 0 Å². The lowest BCUT2D eigenvalue weighted by Gasteiger charge is -2.56. The molecule has 0 aromatic heterocycles. The zero-order valence-electron chi connectivity index (χ0n) is 7.56. The van der Waals surface area contributed by atoms with Gasteiger partial charge in [0, 0.05) is 0 Å². The van der Waals surface area contributed by atoms with Gasteiger partial charge in [0.1, 0.15) is 0 Å². The third-order valence-corrected chi connectivity index (χ3v) is 3.87. The first-order valence-corrected chi connectivity index (χ1v) is 4.64. The molecule has 3 aliphatic rings. The van der Waals surface area contributed by atoms with Crippen molar-refractivity contribution < 1.29 is 0 Å². The maximum absolute atomic E-state index is 3.98. The van der Waals surface area contributed by atoms with Crippen molar-refractivity contribution in [2.24, 2.45) is 17.3 Å². The molecule has 0 aromatic rings. The van der Waals surface area contributed by atoms with Crippen molar-refractivity contribution in [3.8, 4) is 0 Å². The van der Waals surface area contributed by atoms with Crippen LogP contribution < -0.4 is 0 Å². The van der Waals surface area contributed by atoms with Crippen LogP contribution in [0.4, 0.5) is 0 Å². The zero-order valence-corrected chi connectivity index (χ0v) is 7.56. The Balaban J connectivity index is 2.23. The Morgan fingerprint density at radius 1 is 1.64 bits per heavy atom. The van der Waals surface area contributed by atoms with Crippen molar-refractivity contribution in [3.63, 3.8) is 0 Å². The van der Waals surface area contributed by atoms with Gasteiger partial charge < -0.3 is 0 Å². The van der Waals surface area contributed by atoms with E-state index >= 15 is 0 Å². The lowest BCUT2D eigenvalue weighted by atomic mass is 9.48. The number of allylic oxidation sites excluding steroid dienone is 2. The van der Waals surface area contributed by atoms with E-state index in [1.807, 2.05) is 0 Å². The van der Waals surface area contributed by atoms with Crippen LogP contribution in [0.15, 0.2) is 11.6 Å². The van der Waals surface area contributed by atoms with Crippen LogP contribution in [0.2, 0.25) is 0 Å². The molecular weight excluding hydrogens is 132 g/mol. The molecule has 61 valence electrons. The summed E-state index contributed by atoms with van der Waals surface area (Å²) in [6.07, 6.45) is 6.21. The summed E-state index contributed by atoms with van der Waals surface area (Å²) in [5, 5.41) is 0. The maximum atomic E-state index is 3.98. The fourth-order valence-corrected chi connectivity index (χ4v) is 2.76. The van der Waals surface area contributed by atoms with E-state index in [0.717, 1.165) is 18.3 Å². The highest BCUT2D eigenvalue weighted by Gasteiger charge is 2.50. The van der Waals surface area contributed by atoms with Gasteiger partial charge in [-0.1, -0.05) is 25.5 Å². The molecule has 0 heteroatoms. The van der Waals surface area contributed by atoms with Crippen LogP contribution in [0.25, 0.3) is 0 Å². The topological polar surface area (TPSA) is 0 Å². The number of rotatable bonds is 1. The van der Waals surface area contributed by atoms with Crippen molar-refractivity contribution >= 4 is 0 Å². The second kappa shape index (κ2) is 2.12. The first-order valence-electron chi connectivity index (χ1n) is 4.64. The van der Waals surface area contributed by atoms with Gasteiger partial charge in [-0.25, -0.2) is 0 Å². The Kier molecular flexibility index (Phi) is 1.42. The van der Waals surface area contributed by atoms with Crippen LogP contribution in [0.3, 0.4) is 0 Å². The molecular formula is C11H17. The molecule has 0 spiro atoms. The van der Waals surface area contributed by atoms with Crippen molar-refractivity contribution in [1.82, 2.24) is 0 Å². The Bertz CT molecular complexity index is 198. The van der Waals surface area contributed by atoms with E-state index in [1.165, 1.54) is 12.8 Å². The van der Waals surface area contributed by atoms with Crippen molar-refractivity contribution in [1.29, 1.82) is 0 Å². The molecule has 0 saturated heterocycles. The van der Waals surface area contributed by atoms with Crippen molar-refractivity contribution in [2.45, 2.75) is 33.1 Å². The van der Waals surface area contributed by atoms with Gasteiger partial charge in [-0.15, -0.1) is 0 Å². The van der Waals surface area contributed by atoms with Crippen LogP contribution in [0.1, 0.15) is 33.1 Å². The molecule has 0 N–H and O–H groups in total. The minimum absolute atomic E-state index is 0.599. The molecule has 0 heterocycles. The van der Waals surface area contributed by atoms with Gasteiger partial charge in [-0.3, -0.25) is 0 Å². The summed E-state index contributed by atoms with van der Waals surface area (Å²) < 4.78 is 0. The van der Waals surface area contributed by atoms with E-state index in [1.54, 1.807) is 5.57 Å². The van der Waals surface area contributed by atoms with Crippen LogP contribution in [0.5, 0.6) is 0 Å². The minimum atomic E-state index is 0.599. The third kappa shape index (κ3) is 0.816. The quantitative estimate of drug-likeness (QED) is 0.502. The highest BCUT2D eigenvalue weighted by atomic mass is 14.5. The third-order valence-electron chi connectivity index (χ3n) is 3.87. The maximum Gasteiger partial charge on any atom is -0.0146 e. The highest BCUT2D eigenvalue weighted by Crippen LogP contribution is 2.59. The predicted molar refractivity (Wildman–Crippen MR) is 48.1 cm³/mol. The molecule has 0 nitrogen and oxygen atoms in total. The zero-order chi connectivity index (χ0) is 8.06. The molecule has 2 bridgehead atoms. The van der Waals surface area contributed by atoms with Crippen LogP contribution in [-0.2, 0) is 0 Å². The molecule has 3 rings (SSSR count). The summed E-state index contributed by atoms with van der Waals surface area (Å²) in [5.74, 6) is 1.85. The first kappa shape index (κ1) is 7.39. The molecule has 0 amide bonds. The molecule has 1 fully saturated rings. The van der Waals surface area contributed by atoms with Gasteiger partial charge in [0.05, 0.1) is 0 Å². The SMILES string of the molecule is [CH2]CC1=CCC2C[C@@H]1C2(C)C. The lowest BCUT2D eigenvalue weighted by Crippen LogP contribution is -2.47. The number of hydrogen-bond donors (Lipinski definition) is 0. The molecule has 2 atom stereocenters. The summed E-state index contributed by atoms with van der Waals surface area (Å²) in [6, 6.07) is 0. The fourth-order valence-electron chi connectivity index (χ4n) is 2.76. The summed E-state index contributed by atoms with van der Waals surface area (Å²) in [6.45, 7) is 8.80. The van der Waals surface area contributed by atoms with E-state index in [4.69, 9.17) is 0 Å². The van der Waals surface area contributed by atoms with E-state index < -0.39 is 0 Å². The molecule has 11 heavy (non-hydrogen) atoms. The molecule has 1 unspecified atom stereocenters. The molecule has 0 aromatic carbocycles. The van der Waals surface area contributed by atoms with E-state index in [9.17, 15) is 0 Å². The molecule has 0 aliphatic heterocycles. The predicted octanol–water partition coefficient (Wildman–Crippen LogP) is 3.20. The highest BCUT2D eigenvalue weighted by molar-refractivity contribution is 5.23. The Labute approximate surface area is 69.7 Å². The minimum Gasteiger partial charge on any atom is -0.0847 e. The van der Waals surface area contributed by atoms with E-state index in [-0.39, 0.29) is 0 Å². The summed E-state index contributed by atoms with van der Waals surface area (Å²) >= 11 is 0. The summed E-state index contributed by atoms with van der Waals surface area (Å²) in [4.78, 5) is 0. The summed E-state index contributed by atoms with van der Waals surface area (Å²) in [7, 11) is 0. The van der Waals surface area contributed by atoms with Gasteiger partial charge in [-0.05, 0) is 43.4 Å². The largest absolute Gasteiger partial charge is 0.0847 e. The molecule has 3 aliphatic carbocycles. The van der Waals surface area contributed by atoms with Gasteiger partial charge >= 0.3 is 0 Å². The number of hydrogen-bond acceptors (Lipinski definition) is 0. The Hall–Kier alpha value is -0.260. The van der Waals surface area contributed by atoms with Gasteiger partial charge in [-0.2, -0.15) is 0 Å². The fraction of sp³-hybridized carbons (Fsp3) is 0.727. The lowest BCUT2D eigenvalue weighted by molar-refractivity contribution is -0.00725. The average molecular weight is 149 g/mol. The second-order valence-electron chi connectivity index (χ2n) is 4.57. The van der Waals surface area contributed by atoms with E-state index in [2.05, 4.69) is 26.8 Å². The van der Waals surface area contributed by atoms with Crippen molar-refractivity contribution in [2.75, 3.05) is 0 Å². The first-order chi connectivity index (χ1) is 5.16. The standard InChI is InChI=1S/C11H17/c1-4-8-5-6-9-7-10(8)11(9,2)3/h5,9-10H,1,4,6-7H2,2-3H3/t9?,10-/m0/s1. The molecule has 1 radical (unpaired) electrons.